The fraction of sp³-hybridized carbons (Fsp3) is 0.158. The number of fused-ring (bicyclic) bond motifs is 1. The van der Waals surface area contributed by atoms with Gasteiger partial charge in [0.1, 0.15) is 5.82 Å². The summed E-state index contributed by atoms with van der Waals surface area (Å²) in [6.45, 7) is 2.06. The Bertz CT molecular complexity index is 967. The van der Waals surface area contributed by atoms with Crippen molar-refractivity contribution in [3.63, 3.8) is 0 Å². The number of rotatable bonds is 3. The molecule has 0 radical (unpaired) electrons. The summed E-state index contributed by atoms with van der Waals surface area (Å²) in [5, 5.41) is 7.86. The van der Waals surface area contributed by atoms with Crippen molar-refractivity contribution in [3.05, 3.63) is 74.5 Å². The minimum atomic E-state index is -0.0986. The first-order chi connectivity index (χ1) is 12.1. The zero-order chi connectivity index (χ0) is 17.4. The van der Waals surface area contributed by atoms with Crippen molar-refractivity contribution in [2.75, 3.05) is 5.32 Å². The zero-order valence-corrected chi connectivity index (χ0v) is 16.6. The van der Waals surface area contributed by atoms with E-state index in [9.17, 15) is 4.79 Å². The fourth-order valence-corrected chi connectivity index (χ4v) is 4.58. The van der Waals surface area contributed by atoms with Crippen molar-refractivity contribution >= 4 is 46.1 Å². The molecule has 0 saturated heterocycles. The average Bonchev–Trinajstić information content (AvgIpc) is 3.18. The van der Waals surface area contributed by atoms with E-state index in [1.807, 2.05) is 52.8 Å². The summed E-state index contributed by atoms with van der Waals surface area (Å²) in [5.74, 6) is 2.46. The molecule has 0 atom stereocenters. The van der Waals surface area contributed by atoms with Gasteiger partial charge < -0.3 is 5.32 Å². The maximum atomic E-state index is 12.8. The lowest BCUT2D eigenvalue weighted by atomic mass is 10.2. The summed E-state index contributed by atoms with van der Waals surface area (Å²) in [7, 11) is 0. The molecule has 0 saturated carbocycles. The molecule has 2 heterocycles. The number of nitrogens with zero attached hydrogens (tertiary/aromatic N) is 2. The van der Waals surface area contributed by atoms with E-state index in [1.54, 1.807) is 0 Å². The highest BCUT2D eigenvalue weighted by molar-refractivity contribution is 14.1. The Morgan fingerprint density at radius 3 is 2.84 bits per heavy atom. The number of amides is 1. The van der Waals surface area contributed by atoms with Crippen LogP contribution in [0.5, 0.6) is 0 Å². The molecule has 0 aliphatic carbocycles. The number of aromatic nitrogens is 2. The number of nitrogens with one attached hydrogen (secondary N) is 1. The van der Waals surface area contributed by atoms with Gasteiger partial charge in [0, 0.05) is 20.6 Å². The maximum Gasteiger partial charge on any atom is 0.257 e. The smallest absolute Gasteiger partial charge is 0.257 e. The first kappa shape index (κ1) is 16.7. The van der Waals surface area contributed by atoms with Crippen molar-refractivity contribution in [3.8, 4) is 5.69 Å². The van der Waals surface area contributed by atoms with Gasteiger partial charge in [-0.05, 0) is 59.3 Å². The number of aryl methyl sites for hydroxylation is 1. The number of carbonyl (C=O) groups excluding carboxylic acids is 1. The molecule has 4 rings (SSSR count). The summed E-state index contributed by atoms with van der Waals surface area (Å²) < 4.78 is 2.80. The topological polar surface area (TPSA) is 46.9 Å². The Kier molecular flexibility index (Phi) is 4.56. The number of benzene rings is 2. The second-order valence-electron chi connectivity index (χ2n) is 5.95. The molecule has 0 unspecified atom stereocenters. The Hall–Kier alpha value is -1.80. The molecule has 6 heteroatoms. The fourth-order valence-electron chi connectivity index (χ4n) is 2.91. The zero-order valence-electron chi connectivity index (χ0n) is 13.6. The molecule has 25 heavy (non-hydrogen) atoms. The van der Waals surface area contributed by atoms with Crippen LogP contribution in [0.15, 0.2) is 48.5 Å². The number of hydrogen-bond donors (Lipinski definition) is 1. The molecule has 4 nitrogen and oxygen atoms in total. The van der Waals surface area contributed by atoms with Gasteiger partial charge in [-0.1, -0.05) is 24.3 Å². The van der Waals surface area contributed by atoms with Gasteiger partial charge >= 0.3 is 0 Å². The highest BCUT2D eigenvalue weighted by atomic mass is 127. The molecule has 1 aromatic heterocycles. The lowest BCUT2D eigenvalue weighted by Gasteiger charge is -2.12. The summed E-state index contributed by atoms with van der Waals surface area (Å²) in [6, 6.07) is 15.8. The quantitative estimate of drug-likeness (QED) is 0.571. The molecular weight excluding hydrogens is 445 g/mol. The standard InChI is InChI=1S/C19H16IN3OS/c1-12-5-4-6-13(9-12)23-18(15-10-25-11-17(15)22-23)21-19(24)14-7-2-3-8-16(14)20/h2-9H,10-11H2,1H3,(H,21,24). The second-order valence-corrected chi connectivity index (χ2v) is 8.10. The van der Waals surface area contributed by atoms with Crippen LogP contribution in [0.1, 0.15) is 27.2 Å². The second kappa shape index (κ2) is 6.84. The number of anilines is 1. The largest absolute Gasteiger partial charge is 0.306 e. The van der Waals surface area contributed by atoms with Crippen molar-refractivity contribution in [2.45, 2.75) is 18.4 Å². The number of hydrogen-bond acceptors (Lipinski definition) is 3. The molecule has 126 valence electrons. The highest BCUT2D eigenvalue weighted by Gasteiger charge is 2.25. The van der Waals surface area contributed by atoms with E-state index in [0.717, 1.165) is 43.4 Å². The Balaban J connectivity index is 1.76. The van der Waals surface area contributed by atoms with E-state index in [-0.39, 0.29) is 5.91 Å². The molecule has 0 bridgehead atoms. The maximum absolute atomic E-state index is 12.8. The Morgan fingerprint density at radius 2 is 2.04 bits per heavy atom. The van der Waals surface area contributed by atoms with Gasteiger partial charge in [-0.25, -0.2) is 4.68 Å². The Labute approximate surface area is 164 Å². The lowest BCUT2D eigenvalue weighted by Crippen LogP contribution is -2.17. The van der Waals surface area contributed by atoms with Crippen LogP contribution in [0, 0.1) is 10.5 Å². The third-order valence-electron chi connectivity index (χ3n) is 4.15. The van der Waals surface area contributed by atoms with Crippen molar-refractivity contribution < 1.29 is 4.79 Å². The van der Waals surface area contributed by atoms with Crippen molar-refractivity contribution in [1.29, 1.82) is 0 Å². The van der Waals surface area contributed by atoms with E-state index in [4.69, 9.17) is 5.10 Å². The van der Waals surface area contributed by atoms with Gasteiger partial charge in [0.05, 0.1) is 16.9 Å². The van der Waals surface area contributed by atoms with E-state index >= 15 is 0 Å². The molecule has 0 spiro atoms. The first-order valence-corrected chi connectivity index (χ1v) is 10.2. The van der Waals surface area contributed by atoms with Gasteiger partial charge in [0.2, 0.25) is 0 Å². The normalized spacial score (nSPS) is 12.9. The van der Waals surface area contributed by atoms with Crippen molar-refractivity contribution in [1.82, 2.24) is 9.78 Å². The summed E-state index contributed by atoms with van der Waals surface area (Å²) >= 11 is 4.02. The SMILES string of the molecule is Cc1cccc(-n2nc3c(c2NC(=O)c2ccccc2I)CSC3)c1. The molecule has 1 aliphatic heterocycles. The van der Waals surface area contributed by atoms with Gasteiger partial charge in [0.15, 0.2) is 0 Å². The number of carbonyl (C=O) groups is 1. The molecule has 1 aliphatic rings. The predicted molar refractivity (Wildman–Crippen MR) is 110 cm³/mol. The van der Waals surface area contributed by atoms with Crippen LogP contribution in [0.25, 0.3) is 5.69 Å². The minimum absolute atomic E-state index is 0.0986. The van der Waals surface area contributed by atoms with Crippen LogP contribution in [0.3, 0.4) is 0 Å². The van der Waals surface area contributed by atoms with Crippen LogP contribution in [-0.2, 0) is 11.5 Å². The summed E-state index contributed by atoms with van der Waals surface area (Å²) in [6.07, 6.45) is 0. The van der Waals surface area contributed by atoms with Crippen LogP contribution >= 0.6 is 34.4 Å². The van der Waals surface area contributed by atoms with Crippen molar-refractivity contribution in [2.24, 2.45) is 0 Å². The number of halogens is 1. The van der Waals surface area contributed by atoms with Crippen LogP contribution in [-0.4, -0.2) is 15.7 Å². The molecule has 1 N–H and O–H groups in total. The van der Waals surface area contributed by atoms with Gasteiger partial charge in [-0.3, -0.25) is 4.79 Å². The highest BCUT2D eigenvalue weighted by Crippen LogP contribution is 2.36. The predicted octanol–water partition coefficient (Wildman–Crippen LogP) is 4.78. The van der Waals surface area contributed by atoms with Crippen LogP contribution < -0.4 is 5.32 Å². The summed E-state index contributed by atoms with van der Waals surface area (Å²) in [4.78, 5) is 12.8. The third-order valence-corrected chi connectivity index (χ3v) is 6.06. The van der Waals surface area contributed by atoms with Gasteiger partial charge in [0.25, 0.3) is 5.91 Å². The van der Waals surface area contributed by atoms with Gasteiger partial charge in [-0.15, -0.1) is 0 Å². The molecule has 2 aromatic carbocycles. The lowest BCUT2D eigenvalue weighted by molar-refractivity contribution is 0.102. The first-order valence-electron chi connectivity index (χ1n) is 7.95. The molecule has 3 aromatic rings. The molecule has 0 fully saturated rings. The minimum Gasteiger partial charge on any atom is -0.306 e. The number of thioether (sulfide) groups is 1. The van der Waals surface area contributed by atoms with Crippen LogP contribution in [0.4, 0.5) is 5.82 Å². The van der Waals surface area contributed by atoms with E-state index in [0.29, 0.717) is 5.56 Å². The third kappa shape index (κ3) is 3.20. The molecular formula is C19H16IN3OS. The summed E-state index contributed by atoms with van der Waals surface area (Å²) in [5.41, 5.74) is 5.00. The molecule has 1 amide bonds. The van der Waals surface area contributed by atoms with Crippen LogP contribution in [0.2, 0.25) is 0 Å². The van der Waals surface area contributed by atoms with Gasteiger partial charge in [-0.2, -0.15) is 16.9 Å². The van der Waals surface area contributed by atoms with E-state index in [1.165, 1.54) is 0 Å². The average molecular weight is 461 g/mol. The van der Waals surface area contributed by atoms with E-state index < -0.39 is 0 Å². The van der Waals surface area contributed by atoms with E-state index in [2.05, 4.69) is 47.0 Å². The Morgan fingerprint density at radius 1 is 1.20 bits per heavy atom. The monoisotopic (exact) mass is 461 g/mol.